The van der Waals surface area contributed by atoms with Gasteiger partial charge in [-0.05, 0) is 30.7 Å². The van der Waals surface area contributed by atoms with Crippen LogP contribution in [0.4, 0.5) is 15.8 Å². The summed E-state index contributed by atoms with van der Waals surface area (Å²) >= 11 is 3.32. The van der Waals surface area contributed by atoms with Crippen molar-refractivity contribution < 1.29 is 14.1 Å². The summed E-state index contributed by atoms with van der Waals surface area (Å²) in [6, 6.07) is 8.37. The van der Waals surface area contributed by atoms with Crippen LogP contribution in [0.15, 0.2) is 40.9 Å². The van der Waals surface area contributed by atoms with Crippen LogP contribution in [0.2, 0.25) is 0 Å². The second-order valence-corrected chi connectivity index (χ2v) is 5.14. The van der Waals surface area contributed by atoms with Crippen LogP contribution in [-0.2, 0) is 0 Å². The zero-order valence-corrected chi connectivity index (χ0v) is 12.5. The van der Waals surface area contributed by atoms with E-state index in [2.05, 4.69) is 21.2 Å². The minimum absolute atomic E-state index is 0.155. The second-order valence-electron chi connectivity index (χ2n) is 4.29. The van der Waals surface area contributed by atoms with E-state index in [9.17, 15) is 19.3 Å². The molecule has 108 valence electrons. The number of nitro groups is 1. The number of anilines is 1. The van der Waals surface area contributed by atoms with E-state index in [1.165, 1.54) is 6.07 Å². The molecule has 0 aliphatic rings. The van der Waals surface area contributed by atoms with Crippen LogP contribution in [0.1, 0.15) is 15.9 Å². The summed E-state index contributed by atoms with van der Waals surface area (Å²) in [6.07, 6.45) is 0. The molecule has 1 amide bonds. The number of carbonyl (C=O) groups excluding carboxylic acids is 1. The lowest BCUT2D eigenvalue weighted by molar-refractivity contribution is -0.387. The van der Waals surface area contributed by atoms with Gasteiger partial charge in [0.1, 0.15) is 0 Å². The summed E-state index contributed by atoms with van der Waals surface area (Å²) in [5.41, 5.74) is 0.703. The van der Waals surface area contributed by atoms with E-state index in [-0.39, 0.29) is 5.69 Å². The average molecular weight is 353 g/mol. The number of halogens is 2. The van der Waals surface area contributed by atoms with Crippen LogP contribution >= 0.6 is 15.9 Å². The molecule has 7 heteroatoms. The number of hydrogen-bond donors (Lipinski definition) is 1. The Morgan fingerprint density at radius 2 is 2.05 bits per heavy atom. The fourth-order valence-corrected chi connectivity index (χ4v) is 2.15. The second kappa shape index (κ2) is 6.01. The van der Waals surface area contributed by atoms with Gasteiger partial charge in [0.05, 0.1) is 4.92 Å². The predicted octanol–water partition coefficient (Wildman–Crippen LogP) is 4.06. The Morgan fingerprint density at radius 3 is 2.67 bits per heavy atom. The van der Waals surface area contributed by atoms with Crippen molar-refractivity contribution in [1.29, 1.82) is 0 Å². The molecular weight excluding hydrogens is 343 g/mol. The molecule has 0 aliphatic carbocycles. The summed E-state index contributed by atoms with van der Waals surface area (Å²) in [6.45, 7) is 1.77. The molecule has 2 rings (SSSR count). The van der Waals surface area contributed by atoms with Gasteiger partial charge in [-0.25, -0.2) is 0 Å². The first-order valence-corrected chi connectivity index (χ1v) is 6.70. The SMILES string of the molecule is Cc1c(Br)cccc1C(=O)Nc1ccc([N+](=O)[O-])c(F)c1. The molecule has 0 saturated heterocycles. The highest BCUT2D eigenvalue weighted by molar-refractivity contribution is 9.10. The molecular formula is C14H10BrFN2O3. The largest absolute Gasteiger partial charge is 0.322 e. The van der Waals surface area contributed by atoms with Crippen molar-refractivity contribution in [3.05, 3.63) is 67.9 Å². The maximum absolute atomic E-state index is 13.5. The first-order chi connectivity index (χ1) is 9.90. The van der Waals surface area contributed by atoms with E-state index >= 15 is 0 Å². The number of hydrogen-bond acceptors (Lipinski definition) is 3. The number of carbonyl (C=O) groups is 1. The van der Waals surface area contributed by atoms with Gasteiger partial charge in [0.2, 0.25) is 5.82 Å². The fraction of sp³-hybridized carbons (Fsp3) is 0.0714. The summed E-state index contributed by atoms with van der Waals surface area (Å²) in [5.74, 6) is -1.41. The quantitative estimate of drug-likeness (QED) is 0.668. The van der Waals surface area contributed by atoms with Gasteiger partial charge < -0.3 is 5.32 Å². The molecule has 0 bridgehead atoms. The third kappa shape index (κ3) is 3.25. The first kappa shape index (κ1) is 15.1. The molecule has 0 heterocycles. The van der Waals surface area contributed by atoms with E-state index in [4.69, 9.17) is 0 Å². The predicted molar refractivity (Wildman–Crippen MR) is 79.9 cm³/mol. The molecule has 0 spiro atoms. The lowest BCUT2D eigenvalue weighted by Crippen LogP contribution is -2.13. The first-order valence-electron chi connectivity index (χ1n) is 5.90. The van der Waals surface area contributed by atoms with Crippen molar-refractivity contribution in [1.82, 2.24) is 0 Å². The molecule has 0 aromatic heterocycles. The topological polar surface area (TPSA) is 72.2 Å². The van der Waals surface area contributed by atoms with Gasteiger partial charge in [-0.3, -0.25) is 14.9 Å². The minimum atomic E-state index is -0.997. The van der Waals surface area contributed by atoms with Gasteiger partial charge in [-0.2, -0.15) is 4.39 Å². The van der Waals surface area contributed by atoms with Crippen molar-refractivity contribution in [2.45, 2.75) is 6.92 Å². The lowest BCUT2D eigenvalue weighted by atomic mass is 10.1. The van der Waals surface area contributed by atoms with Crippen molar-refractivity contribution >= 4 is 33.2 Å². The van der Waals surface area contributed by atoms with E-state index in [0.29, 0.717) is 5.56 Å². The smallest absolute Gasteiger partial charge is 0.304 e. The number of rotatable bonds is 3. The normalized spacial score (nSPS) is 10.2. The molecule has 0 radical (unpaired) electrons. The van der Waals surface area contributed by atoms with E-state index in [1.54, 1.807) is 25.1 Å². The van der Waals surface area contributed by atoms with Crippen LogP contribution in [0.25, 0.3) is 0 Å². The van der Waals surface area contributed by atoms with Crippen LogP contribution in [0, 0.1) is 22.9 Å². The van der Waals surface area contributed by atoms with Crippen molar-refractivity contribution in [2.75, 3.05) is 5.32 Å². The van der Waals surface area contributed by atoms with Crippen LogP contribution < -0.4 is 5.32 Å². The molecule has 1 N–H and O–H groups in total. The maximum atomic E-state index is 13.5. The molecule has 0 atom stereocenters. The van der Waals surface area contributed by atoms with Gasteiger partial charge in [0.25, 0.3) is 5.91 Å². The number of nitro benzene ring substituents is 1. The Bertz CT molecular complexity index is 734. The zero-order valence-electron chi connectivity index (χ0n) is 10.9. The van der Waals surface area contributed by atoms with E-state index < -0.39 is 22.3 Å². The molecule has 2 aromatic rings. The minimum Gasteiger partial charge on any atom is -0.322 e. The van der Waals surface area contributed by atoms with Gasteiger partial charge >= 0.3 is 5.69 Å². The average Bonchev–Trinajstić information content (AvgIpc) is 2.41. The lowest BCUT2D eigenvalue weighted by Gasteiger charge is -2.09. The summed E-state index contributed by atoms with van der Waals surface area (Å²) in [5, 5.41) is 13.0. The Balaban J connectivity index is 2.26. The zero-order chi connectivity index (χ0) is 15.6. The standard InChI is InChI=1S/C14H10BrFN2O3/c1-8-10(3-2-4-11(8)15)14(19)17-9-5-6-13(18(20)21)12(16)7-9/h2-7H,1H3,(H,17,19). The van der Waals surface area contributed by atoms with Crippen LogP contribution in [0.5, 0.6) is 0 Å². The molecule has 5 nitrogen and oxygen atoms in total. The highest BCUT2D eigenvalue weighted by Crippen LogP contribution is 2.23. The van der Waals surface area contributed by atoms with Gasteiger partial charge in [-0.1, -0.05) is 22.0 Å². The van der Waals surface area contributed by atoms with Crippen molar-refractivity contribution in [3.8, 4) is 0 Å². The number of amides is 1. The fourth-order valence-electron chi connectivity index (χ4n) is 1.78. The number of nitrogens with zero attached hydrogens (tertiary/aromatic N) is 1. The Hall–Kier alpha value is -2.28. The molecule has 0 saturated carbocycles. The van der Waals surface area contributed by atoms with Crippen molar-refractivity contribution in [3.63, 3.8) is 0 Å². The summed E-state index contributed by atoms with van der Waals surface area (Å²) in [7, 11) is 0. The van der Waals surface area contributed by atoms with Crippen molar-refractivity contribution in [2.24, 2.45) is 0 Å². The monoisotopic (exact) mass is 352 g/mol. The number of nitrogens with one attached hydrogen (secondary N) is 1. The van der Waals surface area contributed by atoms with Gasteiger partial charge in [0, 0.05) is 27.9 Å². The summed E-state index contributed by atoms with van der Waals surface area (Å²) in [4.78, 5) is 21.8. The Kier molecular flexibility index (Phi) is 4.32. The van der Waals surface area contributed by atoms with Crippen LogP contribution in [-0.4, -0.2) is 10.8 Å². The van der Waals surface area contributed by atoms with Gasteiger partial charge in [0.15, 0.2) is 0 Å². The molecule has 0 fully saturated rings. The van der Waals surface area contributed by atoms with E-state index in [1.807, 2.05) is 0 Å². The van der Waals surface area contributed by atoms with Gasteiger partial charge in [-0.15, -0.1) is 0 Å². The third-order valence-electron chi connectivity index (χ3n) is 2.91. The highest BCUT2D eigenvalue weighted by Gasteiger charge is 2.16. The molecule has 0 aliphatic heterocycles. The highest BCUT2D eigenvalue weighted by atomic mass is 79.9. The molecule has 2 aromatic carbocycles. The Morgan fingerprint density at radius 1 is 1.33 bits per heavy atom. The Labute approximate surface area is 128 Å². The molecule has 0 unspecified atom stereocenters. The maximum Gasteiger partial charge on any atom is 0.304 e. The van der Waals surface area contributed by atoms with Crippen LogP contribution in [0.3, 0.4) is 0 Å². The third-order valence-corrected chi connectivity index (χ3v) is 3.77. The molecule has 21 heavy (non-hydrogen) atoms. The summed E-state index contributed by atoms with van der Waals surface area (Å²) < 4.78 is 14.3. The number of benzene rings is 2. The van der Waals surface area contributed by atoms with E-state index in [0.717, 1.165) is 22.2 Å².